The van der Waals surface area contributed by atoms with Gasteiger partial charge in [0, 0.05) is 31.0 Å². The second kappa shape index (κ2) is 14.9. The monoisotopic (exact) mass is 572 g/mol. The highest BCUT2D eigenvalue weighted by molar-refractivity contribution is 5.76. The molecule has 3 N–H and O–H groups in total. The van der Waals surface area contributed by atoms with Gasteiger partial charge in [-0.25, -0.2) is 8.78 Å². The third-order valence-corrected chi connectivity index (χ3v) is 8.09. The van der Waals surface area contributed by atoms with Crippen molar-refractivity contribution in [3.05, 3.63) is 70.8 Å². The van der Waals surface area contributed by atoms with Gasteiger partial charge in [-0.05, 0) is 66.3 Å². The molecule has 0 bridgehead atoms. The van der Waals surface area contributed by atoms with E-state index in [4.69, 9.17) is 0 Å². The predicted octanol–water partition coefficient (Wildman–Crippen LogP) is 5.83. The molecule has 1 saturated carbocycles. The lowest BCUT2D eigenvalue weighted by Crippen LogP contribution is -2.53. The number of carbonyl (C=O) groups is 2. The van der Waals surface area contributed by atoms with Crippen molar-refractivity contribution in [1.29, 1.82) is 0 Å². The first kappa shape index (κ1) is 32.7. The Hall–Kier alpha value is -2.84. The predicted molar refractivity (Wildman–Crippen MR) is 156 cm³/mol. The van der Waals surface area contributed by atoms with Crippen molar-refractivity contribution in [2.45, 2.75) is 108 Å². The minimum absolute atomic E-state index is 0.00214. The van der Waals surface area contributed by atoms with Gasteiger partial charge in [-0.3, -0.25) is 9.59 Å². The molecule has 0 saturated heterocycles. The Bertz CT molecular complexity index is 1140. The van der Waals surface area contributed by atoms with E-state index >= 15 is 0 Å². The number of carbonyl (C=O) groups excluding carboxylic acids is 2. The van der Waals surface area contributed by atoms with E-state index in [2.05, 4.69) is 60.4 Å². The maximum atomic E-state index is 13.9. The van der Waals surface area contributed by atoms with E-state index in [0.29, 0.717) is 18.4 Å². The van der Waals surface area contributed by atoms with Crippen molar-refractivity contribution < 1.29 is 28.2 Å². The van der Waals surface area contributed by atoms with Crippen LogP contribution in [0.3, 0.4) is 0 Å². The normalized spacial score (nSPS) is 16.6. The number of ether oxygens (including phenoxy) is 1. The molecule has 0 heterocycles. The van der Waals surface area contributed by atoms with Gasteiger partial charge in [0.05, 0.1) is 19.3 Å². The number of nitrogens with one attached hydrogen (secondary N) is 2. The van der Waals surface area contributed by atoms with E-state index in [9.17, 15) is 23.5 Å². The van der Waals surface area contributed by atoms with Crippen molar-refractivity contribution in [2.24, 2.45) is 0 Å². The zero-order valence-corrected chi connectivity index (χ0v) is 24.9. The third kappa shape index (κ3) is 9.89. The van der Waals surface area contributed by atoms with Gasteiger partial charge in [0.2, 0.25) is 5.91 Å². The Morgan fingerprint density at radius 2 is 1.66 bits per heavy atom. The van der Waals surface area contributed by atoms with Gasteiger partial charge >= 0.3 is 5.97 Å². The first-order chi connectivity index (χ1) is 19.4. The van der Waals surface area contributed by atoms with Crippen LogP contribution < -0.4 is 10.6 Å². The molecule has 2 aromatic carbocycles. The molecule has 1 unspecified atom stereocenters. The largest absolute Gasteiger partial charge is 0.469 e. The van der Waals surface area contributed by atoms with Crippen LogP contribution in [0.25, 0.3) is 0 Å². The van der Waals surface area contributed by atoms with E-state index in [-0.39, 0.29) is 48.6 Å². The molecule has 0 spiro atoms. The Balaban J connectivity index is 1.76. The van der Waals surface area contributed by atoms with Crippen LogP contribution in [-0.4, -0.2) is 42.8 Å². The molecular weight excluding hydrogens is 526 g/mol. The minimum Gasteiger partial charge on any atom is -0.469 e. The summed E-state index contributed by atoms with van der Waals surface area (Å²) in [5, 5.41) is 17.9. The number of esters is 1. The first-order valence-electron chi connectivity index (χ1n) is 14.8. The van der Waals surface area contributed by atoms with Crippen LogP contribution in [-0.2, 0) is 31.7 Å². The minimum atomic E-state index is -1.01. The maximum absolute atomic E-state index is 13.9. The molecule has 2 aromatic rings. The molecular formula is C33H46F2N2O4. The van der Waals surface area contributed by atoms with Gasteiger partial charge in [0.25, 0.3) is 0 Å². The van der Waals surface area contributed by atoms with Gasteiger partial charge < -0.3 is 20.5 Å². The summed E-state index contributed by atoms with van der Waals surface area (Å²) in [5.74, 6) is -2.04. The number of halogens is 2. The second-order valence-corrected chi connectivity index (χ2v) is 12.4. The third-order valence-electron chi connectivity index (χ3n) is 8.09. The zero-order valence-electron chi connectivity index (χ0n) is 24.9. The van der Waals surface area contributed by atoms with Crippen LogP contribution in [0.4, 0.5) is 8.78 Å². The smallest absolute Gasteiger partial charge is 0.305 e. The van der Waals surface area contributed by atoms with Crippen LogP contribution >= 0.6 is 0 Å². The van der Waals surface area contributed by atoms with Gasteiger partial charge in [-0.15, -0.1) is 0 Å². The molecule has 6 nitrogen and oxygen atoms in total. The average molecular weight is 573 g/mol. The molecule has 1 fully saturated rings. The number of unbranched alkanes of at least 4 members (excludes halogenated alkanes) is 1. The molecule has 1 amide bonds. The summed E-state index contributed by atoms with van der Waals surface area (Å²) >= 11 is 0. The van der Waals surface area contributed by atoms with Crippen molar-refractivity contribution >= 4 is 11.9 Å². The fourth-order valence-electron chi connectivity index (χ4n) is 5.65. The summed E-state index contributed by atoms with van der Waals surface area (Å²) < 4.78 is 32.5. The number of amides is 1. The molecule has 41 heavy (non-hydrogen) atoms. The molecule has 1 aliphatic carbocycles. The first-order valence-corrected chi connectivity index (χ1v) is 14.8. The lowest BCUT2D eigenvalue weighted by atomic mass is 9.74. The van der Waals surface area contributed by atoms with Crippen molar-refractivity contribution in [3.63, 3.8) is 0 Å². The number of rotatable bonds is 13. The van der Waals surface area contributed by atoms with Gasteiger partial charge in [-0.2, -0.15) is 0 Å². The summed E-state index contributed by atoms with van der Waals surface area (Å²) in [4.78, 5) is 24.2. The van der Waals surface area contributed by atoms with E-state index in [1.165, 1.54) is 30.4 Å². The van der Waals surface area contributed by atoms with E-state index < -0.39 is 23.8 Å². The molecule has 1 aliphatic rings. The van der Waals surface area contributed by atoms with Crippen LogP contribution in [0.2, 0.25) is 0 Å². The Morgan fingerprint density at radius 1 is 1.00 bits per heavy atom. The van der Waals surface area contributed by atoms with Crippen LogP contribution in [0.15, 0.2) is 42.5 Å². The molecule has 0 aliphatic heterocycles. The number of hydrogen-bond donors (Lipinski definition) is 3. The van der Waals surface area contributed by atoms with Crippen molar-refractivity contribution in [1.82, 2.24) is 10.6 Å². The summed E-state index contributed by atoms with van der Waals surface area (Å²) in [6.07, 6.45) is 5.57. The summed E-state index contributed by atoms with van der Waals surface area (Å²) in [6, 6.07) is 11.1. The van der Waals surface area contributed by atoms with E-state index in [1.807, 2.05) is 0 Å². The molecule has 0 aromatic heterocycles. The maximum Gasteiger partial charge on any atom is 0.305 e. The molecule has 226 valence electrons. The molecule has 8 heteroatoms. The molecule has 2 atom stereocenters. The standard InChI is InChI=1S/C33H46F2N2O4/c1-32(2,3)24-11-10-12-25(20-24)33(15-8-5-9-16-33)36-22-29(38)28(19-23-17-26(34)21-27(35)18-23)37-30(39)13-6-7-14-31(40)41-4/h10-12,17-18,20-21,28-29,36,38H,5-9,13-16,19,22H2,1-4H3,(H,37,39)/t28?,29-/m0/s1. The number of benzene rings is 2. The van der Waals surface area contributed by atoms with Gasteiger partial charge in [0.1, 0.15) is 11.6 Å². The van der Waals surface area contributed by atoms with Gasteiger partial charge in [0.15, 0.2) is 0 Å². The average Bonchev–Trinajstić information content (AvgIpc) is 2.93. The topological polar surface area (TPSA) is 87.7 Å². The number of hydrogen-bond acceptors (Lipinski definition) is 5. The highest BCUT2D eigenvalue weighted by atomic mass is 19.1. The van der Waals surface area contributed by atoms with Crippen LogP contribution in [0, 0.1) is 11.6 Å². The van der Waals surface area contributed by atoms with Gasteiger partial charge in [-0.1, -0.05) is 64.3 Å². The highest BCUT2D eigenvalue weighted by Crippen LogP contribution is 2.38. The van der Waals surface area contributed by atoms with Crippen LogP contribution in [0.5, 0.6) is 0 Å². The highest BCUT2D eigenvalue weighted by Gasteiger charge is 2.35. The van der Waals surface area contributed by atoms with E-state index in [1.54, 1.807) is 0 Å². The summed E-state index contributed by atoms with van der Waals surface area (Å²) in [7, 11) is 1.32. The van der Waals surface area contributed by atoms with Crippen molar-refractivity contribution in [3.8, 4) is 0 Å². The van der Waals surface area contributed by atoms with Crippen LogP contribution in [0.1, 0.15) is 95.2 Å². The van der Waals surface area contributed by atoms with Crippen molar-refractivity contribution in [2.75, 3.05) is 13.7 Å². The number of methoxy groups -OCH3 is 1. The molecule has 0 radical (unpaired) electrons. The quantitative estimate of drug-likeness (QED) is 0.208. The zero-order chi connectivity index (χ0) is 30.0. The lowest BCUT2D eigenvalue weighted by Gasteiger charge is -2.41. The Labute approximate surface area is 243 Å². The lowest BCUT2D eigenvalue weighted by molar-refractivity contribution is -0.140. The Kier molecular flexibility index (Phi) is 11.9. The second-order valence-electron chi connectivity index (χ2n) is 12.4. The number of aliphatic hydroxyl groups excluding tert-OH is 1. The Morgan fingerprint density at radius 3 is 2.29 bits per heavy atom. The van der Waals surface area contributed by atoms with E-state index in [0.717, 1.165) is 38.2 Å². The summed E-state index contributed by atoms with van der Waals surface area (Å²) in [6.45, 7) is 6.77. The SMILES string of the molecule is COC(=O)CCCCC(=O)NC(Cc1cc(F)cc(F)c1)[C@@H](O)CNC1(c2cccc(C(C)(C)C)c2)CCCCC1. The molecule has 3 rings (SSSR count). The fourth-order valence-corrected chi connectivity index (χ4v) is 5.65. The number of aliphatic hydroxyl groups is 1. The fraction of sp³-hybridized carbons (Fsp3) is 0.576. The summed E-state index contributed by atoms with van der Waals surface area (Å²) in [5.41, 5.74) is 2.47.